The van der Waals surface area contributed by atoms with Crippen LogP contribution in [0, 0.1) is 0 Å². The van der Waals surface area contributed by atoms with Crippen molar-refractivity contribution in [2.24, 2.45) is 0 Å². The molecule has 1 saturated heterocycles. The minimum Gasteiger partial charge on any atom is -0.390 e. The lowest BCUT2D eigenvalue weighted by Crippen LogP contribution is -2.27. The fraction of sp³-hybridized carbons (Fsp3) is 0.294. The van der Waals surface area contributed by atoms with Crippen molar-refractivity contribution >= 4 is 22.9 Å². The number of aliphatic hydroxyl groups excluding tert-OH is 1. The topological polar surface area (TPSA) is 102 Å². The van der Waals surface area contributed by atoms with Crippen LogP contribution < -0.4 is 5.32 Å². The second-order valence-corrected chi connectivity index (χ2v) is 6.25. The van der Waals surface area contributed by atoms with Gasteiger partial charge in [-0.2, -0.15) is 0 Å². The lowest BCUT2D eigenvalue weighted by Gasteiger charge is -2.22. The third-order valence-corrected chi connectivity index (χ3v) is 4.69. The number of carbonyl (C=O) groups is 1. The van der Waals surface area contributed by atoms with Gasteiger partial charge in [-0.15, -0.1) is 0 Å². The Kier molecular flexibility index (Phi) is 3.09. The molecule has 0 spiro atoms. The monoisotopic (exact) mass is 337 g/mol. The Balaban J connectivity index is 1.55. The zero-order valence-electron chi connectivity index (χ0n) is 13.2. The van der Waals surface area contributed by atoms with Crippen LogP contribution in [0.15, 0.2) is 36.7 Å². The van der Waals surface area contributed by atoms with Crippen molar-refractivity contribution in [3.05, 3.63) is 48.0 Å². The summed E-state index contributed by atoms with van der Waals surface area (Å²) >= 11 is 0. The highest BCUT2D eigenvalue weighted by Crippen LogP contribution is 2.39. The van der Waals surface area contributed by atoms with Crippen molar-refractivity contribution in [3.63, 3.8) is 0 Å². The summed E-state index contributed by atoms with van der Waals surface area (Å²) in [4.78, 5) is 25.5. The molecule has 2 aromatic heterocycles. The first-order valence-electron chi connectivity index (χ1n) is 8.12. The largest absolute Gasteiger partial charge is 0.390 e. The molecule has 4 heterocycles. The Morgan fingerprint density at radius 1 is 1.28 bits per heavy atom. The molecule has 3 atom stereocenters. The molecule has 25 heavy (non-hydrogen) atoms. The van der Waals surface area contributed by atoms with E-state index >= 15 is 0 Å². The summed E-state index contributed by atoms with van der Waals surface area (Å²) in [6.07, 6.45) is 1.43. The smallest absolute Gasteiger partial charge is 0.256 e. The molecular formula is C17H15N5O3. The van der Waals surface area contributed by atoms with Gasteiger partial charge < -0.3 is 15.2 Å². The summed E-state index contributed by atoms with van der Waals surface area (Å²) in [5, 5.41) is 12.8. The molecular weight excluding hydrogens is 322 g/mol. The number of nitrogens with one attached hydrogen (secondary N) is 1. The van der Waals surface area contributed by atoms with Gasteiger partial charge in [0.1, 0.15) is 18.4 Å². The third-order valence-electron chi connectivity index (χ3n) is 4.69. The van der Waals surface area contributed by atoms with Crippen LogP contribution in [0.3, 0.4) is 0 Å². The van der Waals surface area contributed by atoms with Gasteiger partial charge in [0.15, 0.2) is 17.0 Å². The van der Waals surface area contributed by atoms with Crippen LogP contribution in [0.2, 0.25) is 0 Å². The van der Waals surface area contributed by atoms with E-state index in [0.29, 0.717) is 35.4 Å². The highest BCUT2D eigenvalue weighted by Gasteiger charge is 2.42. The Morgan fingerprint density at radius 2 is 2.12 bits per heavy atom. The first kappa shape index (κ1) is 14.5. The number of imidazole rings is 1. The zero-order chi connectivity index (χ0) is 17.0. The molecule has 1 aromatic carbocycles. The third kappa shape index (κ3) is 2.22. The van der Waals surface area contributed by atoms with Crippen LogP contribution in [0.5, 0.6) is 0 Å². The van der Waals surface area contributed by atoms with Gasteiger partial charge in [0.05, 0.1) is 12.2 Å². The van der Waals surface area contributed by atoms with Crippen molar-refractivity contribution in [2.45, 2.75) is 31.3 Å². The first-order chi connectivity index (χ1) is 12.2. The predicted octanol–water partition coefficient (Wildman–Crippen LogP) is 1.28. The Labute approximate surface area is 142 Å². The minimum atomic E-state index is -0.485. The van der Waals surface area contributed by atoms with Crippen molar-refractivity contribution in [2.75, 3.05) is 5.32 Å². The summed E-state index contributed by atoms with van der Waals surface area (Å²) in [6, 6.07) is 8.94. The molecule has 2 aliphatic heterocycles. The van der Waals surface area contributed by atoms with Crippen LogP contribution in [-0.4, -0.2) is 42.7 Å². The van der Waals surface area contributed by atoms with Gasteiger partial charge in [0.2, 0.25) is 0 Å². The maximum absolute atomic E-state index is 12.4. The van der Waals surface area contributed by atoms with Gasteiger partial charge in [-0.05, 0) is 12.1 Å². The van der Waals surface area contributed by atoms with E-state index < -0.39 is 6.10 Å². The fourth-order valence-corrected chi connectivity index (χ4v) is 3.50. The van der Waals surface area contributed by atoms with Crippen molar-refractivity contribution in [3.8, 4) is 0 Å². The van der Waals surface area contributed by atoms with E-state index in [9.17, 15) is 9.90 Å². The number of aliphatic hydroxyl groups is 1. The predicted molar refractivity (Wildman–Crippen MR) is 88.0 cm³/mol. The van der Waals surface area contributed by atoms with Crippen molar-refractivity contribution in [1.29, 1.82) is 0 Å². The number of hydrogen-bond donors (Lipinski definition) is 2. The molecule has 3 aromatic rings. The van der Waals surface area contributed by atoms with E-state index in [1.165, 1.54) is 6.33 Å². The van der Waals surface area contributed by atoms with Gasteiger partial charge in [-0.3, -0.25) is 9.36 Å². The molecule has 1 amide bonds. The average Bonchev–Trinajstić information content (AvgIpc) is 3.15. The second-order valence-electron chi connectivity index (χ2n) is 6.25. The highest BCUT2D eigenvalue weighted by molar-refractivity contribution is 6.06. The van der Waals surface area contributed by atoms with E-state index in [0.717, 1.165) is 5.82 Å². The molecule has 126 valence electrons. The van der Waals surface area contributed by atoms with Crippen molar-refractivity contribution in [1.82, 2.24) is 19.5 Å². The molecule has 0 unspecified atom stereocenters. The summed E-state index contributed by atoms with van der Waals surface area (Å²) in [5.74, 6) is 0.917. The Morgan fingerprint density at radius 3 is 2.96 bits per heavy atom. The molecule has 0 saturated carbocycles. The van der Waals surface area contributed by atoms with Gasteiger partial charge in [0.25, 0.3) is 5.91 Å². The first-order valence-corrected chi connectivity index (χ1v) is 8.12. The summed E-state index contributed by atoms with van der Waals surface area (Å²) in [5.41, 5.74) is 1.68. The number of carbonyl (C=O) groups excluding carboxylic acids is 1. The van der Waals surface area contributed by atoms with Crippen LogP contribution in [0.25, 0.3) is 11.2 Å². The molecule has 5 rings (SSSR count). The molecule has 2 aliphatic rings. The zero-order valence-corrected chi connectivity index (χ0v) is 13.2. The fourth-order valence-electron chi connectivity index (χ4n) is 3.50. The number of hydrogen-bond acceptors (Lipinski definition) is 6. The lowest BCUT2D eigenvalue weighted by atomic mass is 10.1. The Hall–Kier alpha value is -2.84. The molecule has 2 bridgehead atoms. The highest BCUT2D eigenvalue weighted by atomic mass is 16.5. The van der Waals surface area contributed by atoms with Crippen LogP contribution in [0.1, 0.15) is 28.8 Å². The van der Waals surface area contributed by atoms with Crippen molar-refractivity contribution < 1.29 is 14.6 Å². The standard InChI is InChI=1S/C17H15N5O3/c23-10-6-13-22-12(7-11(10)25-13)20-14-15(18-8-19-16(14)22)21-17(24)9-4-2-1-3-5-9/h1-5,8,10-11,13,23H,6-7H2,(H,18,19,21,24)/t10-,11+,13+/m0/s1. The summed E-state index contributed by atoms with van der Waals surface area (Å²) in [6.45, 7) is 0. The van der Waals surface area contributed by atoms with Gasteiger partial charge >= 0.3 is 0 Å². The maximum Gasteiger partial charge on any atom is 0.256 e. The van der Waals surface area contributed by atoms with Gasteiger partial charge in [-0.25, -0.2) is 15.0 Å². The Bertz CT molecular complexity index is 969. The summed E-state index contributed by atoms with van der Waals surface area (Å²) < 4.78 is 7.71. The normalized spacial score (nSPS) is 24.3. The van der Waals surface area contributed by atoms with Crippen LogP contribution in [-0.2, 0) is 11.2 Å². The number of rotatable bonds is 2. The van der Waals surface area contributed by atoms with E-state index in [2.05, 4.69) is 20.3 Å². The van der Waals surface area contributed by atoms with Crippen LogP contribution >= 0.6 is 0 Å². The quantitative estimate of drug-likeness (QED) is 0.730. The van der Waals surface area contributed by atoms with E-state index in [-0.39, 0.29) is 18.2 Å². The number of benzene rings is 1. The van der Waals surface area contributed by atoms with Crippen LogP contribution in [0.4, 0.5) is 5.82 Å². The number of fused-ring (bicyclic) bond motifs is 6. The number of amides is 1. The number of aromatic nitrogens is 4. The van der Waals surface area contributed by atoms with E-state index in [1.54, 1.807) is 24.3 Å². The van der Waals surface area contributed by atoms with Gasteiger partial charge in [-0.1, -0.05) is 18.2 Å². The molecule has 8 nitrogen and oxygen atoms in total. The molecule has 0 aliphatic carbocycles. The molecule has 1 fully saturated rings. The number of anilines is 1. The summed E-state index contributed by atoms with van der Waals surface area (Å²) in [7, 11) is 0. The number of nitrogens with zero attached hydrogens (tertiary/aromatic N) is 4. The van der Waals surface area contributed by atoms with E-state index in [4.69, 9.17) is 4.74 Å². The molecule has 2 N–H and O–H groups in total. The lowest BCUT2D eigenvalue weighted by molar-refractivity contribution is -0.0363. The molecule has 8 heteroatoms. The maximum atomic E-state index is 12.4. The molecule has 0 radical (unpaired) electrons. The average molecular weight is 337 g/mol. The SMILES string of the molecule is O=C(Nc1ncnc2c1nc1n2[C@H]2C[C@H](O)[C@@H](C1)O2)c1ccccc1. The van der Waals surface area contributed by atoms with Gasteiger partial charge in [0, 0.05) is 18.4 Å². The number of ether oxygens (including phenoxy) is 1. The van der Waals surface area contributed by atoms with E-state index in [1.807, 2.05) is 10.6 Å². The second kappa shape index (κ2) is 5.33. The minimum absolute atomic E-state index is 0.232.